The highest BCUT2D eigenvalue weighted by Crippen LogP contribution is 2.31. The Morgan fingerprint density at radius 2 is 1.56 bits per heavy atom. The van der Waals surface area contributed by atoms with E-state index in [2.05, 4.69) is 24.5 Å². The highest BCUT2D eigenvalue weighted by atomic mass is 35.5. The number of hydrogen-bond donors (Lipinski definition) is 2. The highest BCUT2D eigenvalue weighted by Gasteiger charge is 2.39. The van der Waals surface area contributed by atoms with Crippen molar-refractivity contribution in [2.75, 3.05) is 15.5 Å². The van der Waals surface area contributed by atoms with Gasteiger partial charge in [0.1, 0.15) is 10.7 Å². The molecule has 3 amide bonds. The van der Waals surface area contributed by atoms with E-state index in [-0.39, 0.29) is 16.6 Å². The first-order valence-electron chi connectivity index (χ1n) is 10.6. The Morgan fingerprint density at radius 1 is 0.853 bits per heavy atom. The Morgan fingerprint density at radius 3 is 2.24 bits per heavy atom. The summed E-state index contributed by atoms with van der Waals surface area (Å²) in [6.45, 7) is 4.20. The van der Waals surface area contributed by atoms with E-state index in [4.69, 9.17) is 23.2 Å². The number of nitrogens with one attached hydrogen (secondary N) is 2. The van der Waals surface area contributed by atoms with Gasteiger partial charge in [0.15, 0.2) is 0 Å². The third-order valence-corrected chi connectivity index (χ3v) is 5.91. The van der Waals surface area contributed by atoms with Crippen LogP contribution in [-0.4, -0.2) is 17.7 Å². The molecule has 0 aliphatic carbocycles. The van der Waals surface area contributed by atoms with Crippen LogP contribution in [0.25, 0.3) is 0 Å². The van der Waals surface area contributed by atoms with Crippen molar-refractivity contribution in [3.05, 3.63) is 99.7 Å². The molecule has 6 nitrogen and oxygen atoms in total. The number of nitrogens with zero attached hydrogens (tertiary/aromatic N) is 1. The average molecular weight is 494 g/mol. The topological polar surface area (TPSA) is 78.5 Å². The molecule has 1 aliphatic heterocycles. The largest absolute Gasteiger partial charge is 0.350 e. The molecule has 0 fully saturated rings. The summed E-state index contributed by atoms with van der Waals surface area (Å²) in [5.74, 6) is -1.18. The third-order valence-electron chi connectivity index (χ3n) is 5.32. The van der Waals surface area contributed by atoms with Gasteiger partial charge in [-0.2, -0.15) is 0 Å². The van der Waals surface area contributed by atoms with E-state index in [1.54, 1.807) is 42.5 Å². The lowest BCUT2D eigenvalue weighted by molar-refractivity contribution is -0.120. The zero-order chi connectivity index (χ0) is 24.4. The van der Waals surface area contributed by atoms with Gasteiger partial charge in [0.2, 0.25) is 0 Å². The molecule has 0 spiro atoms. The van der Waals surface area contributed by atoms with E-state index < -0.39 is 11.8 Å². The summed E-state index contributed by atoms with van der Waals surface area (Å²) in [5, 5.41) is 5.88. The minimum Gasteiger partial charge on any atom is -0.350 e. The van der Waals surface area contributed by atoms with Crippen LogP contribution in [0.5, 0.6) is 0 Å². The van der Waals surface area contributed by atoms with Crippen LogP contribution in [-0.2, 0) is 9.59 Å². The van der Waals surface area contributed by atoms with Crippen LogP contribution in [0.4, 0.5) is 17.1 Å². The summed E-state index contributed by atoms with van der Waals surface area (Å²) in [5.41, 5.74) is 2.90. The van der Waals surface area contributed by atoms with Crippen LogP contribution in [0.15, 0.2) is 83.5 Å². The Kier molecular flexibility index (Phi) is 6.72. The second-order valence-corrected chi connectivity index (χ2v) is 8.87. The number of benzene rings is 3. The summed E-state index contributed by atoms with van der Waals surface area (Å²) in [6, 6.07) is 20.6. The summed E-state index contributed by atoms with van der Waals surface area (Å²) in [4.78, 5) is 39.3. The molecule has 1 heterocycles. The number of carbonyl (C=O) groups is 3. The summed E-state index contributed by atoms with van der Waals surface area (Å²) < 4.78 is 0. The molecule has 172 valence electrons. The van der Waals surface area contributed by atoms with Gasteiger partial charge < -0.3 is 10.6 Å². The monoisotopic (exact) mass is 493 g/mol. The van der Waals surface area contributed by atoms with E-state index in [1.165, 1.54) is 11.6 Å². The Bertz CT molecular complexity index is 1320. The fourth-order valence-corrected chi connectivity index (χ4v) is 3.90. The minimum absolute atomic E-state index is 0.0755. The number of amides is 3. The summed E-state index contributed by atoms with van der Waals surface area (Å²) >= 11 is 12.2. The number of hydrogen-bond acceptors (Lipinski definition) is 4. The van der Waals surface area contributed by atoms with Crippen LogP contribution in [0, 0.1) is 0 Å². The number of halogens is 2. The normalized spacial score (nSPS) is 13.6. The van der Waals surface area contributed by atoms with Gasteiger partial charge in [-0.3, -0.25) is 14.4 Å². The van der Waals surface area contributed by atoms with Crippen LogP contribution < -0.4 is 15.5 Å². The van der Waals surface area contributed by atoms with Gasteiger partial charge in [-0.15, -0.1) is 0 Å². The average Bonchev–Trinajstić information content (AvgIpc) is 3.02. The lowest BCUT2D eigenvalue weighted by Gasteiger charge is -2.15. The van der Waals surface area contributed by atoms with Gasteiger partial charge in [0.05, 0.1) is 5.69 Å². The van der Waals surface area contributed by atoms with Crippen molar-refractivity contribution in [2.45, 2.75) is 19.8 Å². The minimum atomic E-state index is -0.657. The predicted octanol–water partition coefficient (Wildman–Crippen LogP) is 6.15. The molecule has 0 bridgehead atoms. The molecule has 34 heavy (non-hydrogen) atoms. The van der Waals surface area contributed by atoms with E-state index >= 15 is 0 Å². The summed E-state index contributed by atoms with van der Waals surface area (Å²) in [7, 11) is 0. The Hall–Kier alpha value is -3.61. The molecule has 4 rings (SSSR count). The van der Waals surface area contributed by atoms with Crippen molar-refractivity contribution in [1.29, 1.82) is 0 Å². The van der Waals surface area contributed by atoms with Crippen LogP contribution >= 0.6 is 23.2 Å². The number of anilines is 3. The fraction of sp³-hybridized carbons (Fsp3) is 0.115. The quantitative estimate of drug-likeness (QED) is 0.403. The molecule has 0 radical (unpaired) electrons. The number of imide groups is 1. The summed E-state index contributed by atoms with van der Waals surface area (Å²) in [6.07, 6.45) is 0. The molecule has 1 aliphatic rings. The van der Waals surface area contributed by atoms with Crippen molar-refractivity contribution >= 4 is 58.0 Å². The highest BCUT2D eigenvalue weighted by molar-refractivity contribution is 6.53. The Balaban J connectivity index is 1.51. The van der Waals surface area contributed by atoms with E-state index in [9.17, 15) is 14.4 Å². The van der Waals surface area contributed by atoms with Gasteiger partial charge in [0, 0.05) is 22.0 Å². The maximum atomic E-state index is 13.0. The SMILES string of the molecule is CC(C)c1ccc(NC(=O)c2cccc(NC3=C(Cl)C(=O)N(c4cccc(Cl)c4)C3=O)c2)cc1. The van der Waals surface area contributed by atoms with Crippen LogP contribution in [0.3, 0.4) is 0 Å². The van der Waals surface area contributed by atoms with Gasteiger partial charge >= 0.3 is 0 Å². The Labute approximate surface area is 207 Å². The molecule has 0 aromatic heterocycles. The van der Waals surface area contributed by atoms with E-state index in [1.807, 2.05) is 24.3 Å². The first kappa shape index (κ1) is 23.5. The third kappa shape index (κ3) is 4.83. The second-order valence-electron chi connectivity index (χ2n) is 8.05. The fourth-order valence-electron chi connectivity index (χ4n) is 3.50. The lowest BCUT2D eigenvalue weighted by Crippen LogP contribution is -2.32. The van der Waals surface area contributed by atoms with Gasteiger partial charge in [-0.25, -0.2) is 4.90 Å². The molecule has 8 heteroatoms. The van der Waals surface area contributed by atoms with Crippen molar-refractivity contribution in [3.8, 4) is 0 Å². The predicted molar refractivity (Wildman–Crippen MR) is 135 cm³/mol. The molecular weight excluding hydrogens is 473 g/mol. The number of carbonyl (C=O) groups excluding carboxylic acids is 3. The molecule has 0 saturated heterocycles. The first-order valence-corrected chi connectivity index (χ1v) is 11.3. The second kappa shape index (κ2) is 9.71. The first-order chi connectivity index (χ1) is 16.2. The standard InChI is InChI=1S/C26H21Cl2N3O3/c1-15(2)16-9-11-19(12-10-16)30-24(32)17-5-3-7-20(13-17)29-23-22(28)25(33)31(26(23)34)21-8-4-6-18(27)14-21/h3-15,29H,1-2H3,(H,30,32). The molecule has 0 saturated carbocycles. The van der Waals surface area contributed by atoms with Gasteiger partial charge in [-0.1, -0.05) is 61.3 Å². The molecule has 0 unspecified atom stereocenters. The molecule has 2 N–H and O–H groups in total. The van der Waals surface area contributed by atoms with Crippen molar-refractivity contribution in [2.24, 2.45) is 0 Å². The van der Waals surface area contributed by atoms with Gasteiger partial charge in [-0.05, 0) is 60.0 Å². The number of rotatable bonds is 6. The van der Waals surface area contributed by atoms with Crippen LogP contribution in [0.2, 0.25) is 5.02 Å². The maximum absolute atomic E-state index is 13.0. The van der Waals surface area contributed by atoms with Crippen molar-refractivity contribution in [3.63, 3.8) is 0 Å². The maximum Gasteiger partial charge on any atom is 0.283 e. The lowest BCUT2D eigenvalue weighted by atomic mass is 10.0. The molecular formula is C26H21Cl2N3O3. The van der Waals surface area contributed by atoms with E-state index in [0.717, 1.165) is 4.90 Å². The zero-order valence-corrected chi connectivity index (χ0v) is 19.9. The molecule has 3 aromatic carbocycles. The van der Waals surface area contributed by atoms with Crippen molar-refractivity contribution in [1.82, 2.24) is 0 Å². The van der Waals surface area contributed by atoms with Gasteiger partial charge in [0.25, 0.3) is 17.7 Å². The smallest absolute Gasteiger partial charge is 0.283 e. The molecule has 0 atom stereocenters. The zero-order valence-electron chi connectivity index (χ0n) is 18.4. The molecule has 3 aromatic rings. The van der Waals surface area contributed by atoms with Crippen molar-refractivity contribution < 1.29 is 14.4 Å². The van der Waals surface area contributed by atoms with Crippen LogP contribution in [0.1, 0.15) is 35.7 Å². The van der Waals surface area contributed by atoms with E-state index in [0.29, 0.717) is 33.6 Å².